The Hall–Kier alpha value is -1.89. The highest BCUT2D eigenvalue weighted by molar-refractivity contribution is 5.86. The quantitative estimate of drug-likeness (QED) is 0.791. The van der Waals surface area contributed by atoms with Crippen LogP contribution in [0.1, 0.15) is 42.7 Å². The van der Waals surface area contributed by atoms with E-state index in [2.05, 4.69) is 60.7 Å². The van der Waals surface area contributed by atoms with E-state index < -0.39 is 0 Å². The number of carbonyl (C=O) groups is 1. The monoisotopic (exact) mass is 290 g/mol. The molecule has 2 aromatic carbocycles. The maximum absolute atomic E-state index is 13.0. The topological polar surface area (TPSA) is 17.1 Å². The second-order valence-corrected chi connectivity index (χ2v) is 6.84. The van der Waals surface area contributed by atoms with Crippen molar-refractivity contribution in [1.82, 2.24) is 0 Å². The smallest absolute Gasteiger partial charge is 0.140 e. The maximum atomic E-state index is 13.0. The summed E-state index contributed by atoms with van der Waals surface area (Å²) < 4.78 is 0. The molecule has 3 saturated carbocycles. The van der Waals surface area contributed by atoms with E-state index in [-0.39, 0.29) is 11.8 Å². The molecule has 5 rings (SSSR count). The summed E-state index contributed by atoms with van der Waals surface area (Å²) in [5.41, 5.74) is 2.58. The average Bonchev–Trinajstić information content (AvgIpc) is 2.60. The number of carbonyl (C=O) groups excluding carboxylic acids is 1. The molecule has 1 heteroatoms. The molecule has 2 aromatic rings. The van der Waals surface area contributed by atoms with Crippen LogP contribution in [0.15, 0.2) is 60.7 Å². The van der Waals surface area contributed by atoms with Crippen LogP contribution in [-0.4, -0.2) is 5.78 Å². The fourth-order valence-corrected chi connectivity index (χ4v) is 4.63. The second-order valence-electron chi connectivity index (χ2n) is 6.84. The zero-order valence-corrected chi connectivity index (χ0v) is 12.8. The maximum Gasteiger partial charge on any atom is 0.140 e. The zero-order valence-electron chi connectivity index (χ0n) is 12.8. The standard InChI is InChI=1S/C21H22O/c22-21-18-13-11-17(12-14-18)20(21)19(15-7-3-1-4-8-15)16-9-5-2-6-10-16/h1-10,17-20H,11-14H2/t17?,18?,20-/m0/s1. The fourth-order valence-electron chi connectivity index (χ4n) is 4.63. The van der Waals surface area contributed by atoms with Gasteiger partial charge in [-0.05, 0) is 42.7 Å². The van der Waals surface area contributed by atoms with E-state index in [1.54, 1.807) is 0 Å². The molecule has 112 valence electrons. The summed E-state index contributed by atoms with van der Waals surface area (Å²) in [6.45, 7) is 0. The molecule has 0 aliphatic heterocycles. The van der Waals surface area contributed by atoms with Crippen LogP contribution >= 0.6 is 0 Å². The Labute approximate surface area is 132 Å². The molecule has 0 saturated heterocycles. The van der Waals surface area contributed by atoms with E-state index in [1.807, 2.05) is 0 Å². The van der Waals surface area contributed by atoms with Crippen LogP contribution in [0.2, 0.25) is 0 Å². The van der Waals surface area contributed by atoms with Gasteiger partial charge in [-0.2, -0.15) is 0 Å². The van der Waals surface area contributed by atoms with Crippen molar-refractivity contribution < 1.29 is 4.79 Å². The van der Waals surface area contributed by atoms with Crippen molar-refractivity contribution in [2.75, 3.05) is 0 Å². The lowest BCUT2D eigenvalue weighted by Gasteiger charge is -2.44. The third-order valence-electron chi connectivity index (χ3n) is 5.69. The predicted molar refractivity (Wildman–Crippen MR) is 88.7 cm³/mol. The lowest BCUT2D eigenvalue weighted by atomic mass is 9.58. The molecule has 0 amide bonds. The Morgan fingerprint density at radius 3 is 1.68 bits per heavy atom. The lowest BCUT2D eigenvalue weighted by Crippen LogP contribution is -2.43. The molecule has 0 heterocycles. The Kier molecular flexibility index (Phi) is 3.57. The molecule has 3 aliphatic rings. The highest BCUT2D eigenvalue weighted by Gasteiger charge is 2.46. The normalized spacial score (nSPS) is 27.3. The second kappa shape index (κ2) is 5.72. The molecular weight excluding hydrogens is 268 g/mol. The lowest BCUT2D eigenvalue weighted by molar-refractivity contribution is -0.136. The Morgan fingerprint density at radius 1 is 0.727 bits per heavy atom. The number of ketones is 1. The van der Waals surface area contributed by atoms with Gasteiger partial charge in [-0.3, -0.25) is 4.79 Å². The fraction of sp³-hybridized carbons (Fsp3) is 0.381. The molecule has 0 aromatic heterocycles. The first kappa shape index (κ1) is 13.8. The zero-order chi connectivity index (χ0) is 14.9. The first-order valence-corrected chi connectivity index (χ1v) is 8.48. The molecular formula is C21H22O. The number of rotatable bonds is 3. The van der Waals surface area contributed by atoms with E-state index >= 15 is 0 Å². The summed E-state index contributed by atoms with van der Waals surface area (Å²) >= 11 is 0. The van der Waals surface area contributed by atoms with Crippen molar-refractivity contribution in [3.8, 4) is 0 Å². The van der Waals surface area contributed by atoms with E-state index in [4.69, 9.17) is 0 Å². The van der Waals surface area contributed by atoms with Gasteiger partial charge in [-0.1, -0.05) is 60.7 Å². The van der Waals surface area contributed by atoms with Crippen molar-refractivity contribution in [2.45, 2.75) is 31.6 Å². The molecule has 1 atom stereocenters. The molecule has 1 nitrogen and oxygen atoms in total. The molecule has 0 radical (unpaired) electrons. The molecule has 0 N–H and O–H groups in total. The van der Waals surface area contributed by atoms with Crippen LogP contribution in [0.5, 0.6) is 0 Å². The molecule has 3 aliphatic carbocycles. The van der Waals surface area contributed by atoms with E-state index in [0.717, 1.165) is 12.8 Å². The Morgan fingerprint density at radius 2 is 1.23 bits per heavy atom. The third-order valence-corrected chi connectivity index (χ3v) is 5.69. The van der Waals surface area contributed by atoms with Gasteiger partial charge < -0.3 is 0 Å². The van der Waals surface area contributed by atoms with Gasteiger partial charge in [0.1, 0.15) is 5.78 Å². The first-order valence-electron chi connectivity index (χ1n) is 8.48. The first-order chi connectivity index (χ1) is 10.8. The number of fused-ring (bicyclic) bond motifs is 3. The van der Waals surface area contributed by atoms with E-state index in [0.29, 0.717) is 17.6 Å². The predicted octanol–water partition coefficient (Wildman–Crippen LogP) is 4.82. The van der Waals surface area contributed by atoms with Crippen LogP contribution in [0.4, 0.5) is 0 Å². The van der Waals surface area contributed by atoms with Crippen LogP contribution in [0.3, 0.4) is 0 Å². The van der Waals surface area contributed by atoms with Gasteiger partial charge in [0.05, 0.1) is 0 Å². The number of hydrogen-bond donors (Lipinski definition) is 0. The van der Waals surface area contributed by atoms with Gasteiger partial charge in [0.2, 0.25) is 0 Å². The number of benzene rings is 2. The van der Waals surface area contributed by atoms with Crippen molar-refractivity contribution in [3.05, 3.63) is 71.8 Å². The largest absolute Gasteiger partial charge is 0.299 e. The van der Waals surface area contributed by atoms with Gasteiger partial charge in [-0.15, -0.1) is 0 Å². The van der Waals surface area contributed by atoms with Crippen molar-refractivity contribution in [1.29, 1.82) is 0 Å². The van der Waals surface area contributed by atoms with Gasteiger partial charge in [0.25, 0.3) is 0 Å². The van der Waals surface area contributed by atoms with Gasteiger partial charge in [0, 0.05) is 17.8 Å². The molecule has 0 unspecified atom stereocenters. The van der Waals surface area contributed by atoms with Crippen molar-refractivity contribution in [2.24, 2.45) is 17.8 Å². The van der Waals surface area contributed by atoms with E-state index in [1.165, 1.54) is 24.0 Å². The number of hydrogen-bond acceptors (Lipinski definition) is 1. The highest BCUT2D eigenvalue weighted by atomic mass is 16.1. The minimum Gasteiger partial charge on any atom is -0.299 e. The van der Waals surface area contributed by atoms with Crippen LogP contribution in [0, 0.1) is 17.8 Å². The summed E-state index contributed by atoms with van der Waals surface area (Å²) in [6.07, 6.45) is 4.71. The van der Waals surface area contributed by atoms with Gasteiger partial charge in [-0.25, -0.2) is 0 Å². The molecule has 2 bridgehead atoms. The number of Topliss-reactive ketones (excluding diaryl/α,β-unsaturated/α-hetero) is 1. The summed E-state index contributed by atoms with van der Waals surface area (Å²) in [5, 5.41) is 0. The SMILES string of the molecule is O=C1C2CCC(CC2)[C@H]1C(c1ccccc1)c1ccccc1. The van der Waals surface area contributed by atoms with Crippen LogP contribution < -0.4 is 0 Å². The van der Waals surface area contributed by atoms with Crippen LogP contribution in [0.25, 0.3) is 0 Å². The third kappa shape index (κ3) is 2.29. The highest BCUT2D eigenvalue weighted by Crippen LogP contribution is 2.49. The molecule has 0 spiro atoms. The van der Waals surface area contributed by atoms with Crippen molar-refractivity contribution >= 4 is 5.78 Å². The Balaban J connectivity index is 1.79. The van der Waals surface area contributed by atoms with Gasteiger partial charge in [0.15, 0.2) is 0 Å². The van der Waals surface area contributed by atoms with E-state index in [9.17, 15) is 4.79 Å². The minimum absolute atomic E-state index is 0.178. The summed E-state index contributed by atoms with van der Waals surface area (Å²) in [4.78, 5) is 13.0. The van der Waals surface area contributed by atoms with Crippen molar-refractivity contribution in [3.63, 3.8) is 0 Å². The summed E-state index contributed by atoms with van der Waals surface area (Å²) in [7, 11) is 0. The minimum atomic E-state index is 0.178. The van der Waals surface area contributed by atoms with Crippen LogP contribution in [-0.2, 0) is 4.79 Å². The summed E-state index contributed by atoms with van der Waals surface area (Å²) in [5.74, 6) is 1.83. The average molecular weight is 290 g/mol. The molecule has 22 heavy (non-hydrogen) atoms. The van der Waals surface area contributed by atoms with Gasteiger partial charge >= 0.3 is 0 Å². The Bertz CT molecular complexity index is 599. The molecule has 3 fully saturated rings. The summed E-state index contributed by atoms with van der Waals surface area (Å²) in [6, 6.07) is 21.2.